The summed E-state index contributed by atoms with van der Waals surface area (Å²) in [7, 11) is 0. The summed E-state index contributed by atoms with van der Waals surface area (Å²) in [6.07, 6.45) is 8.23. The number of benzene rings is 2. The van der Waals surface area contributed by atoms with Gasteiger partial charge in [0.15, 0.2) is 0 Å². The Morgan fingerprint density at radius 3 is 1.42 bits per heavy atom. The van der Waals surface area contributed by atoms with E-state index in [4.69, 9.17) is 8.83 Å². The van der Waals surface area contributed by atoms with Crippen LogP contribution < -0.4 is 24.8 Å². The van der Waals surface area contributed by atoms with Crippen LogP contribution in [0.5, 0.6) is 0 Å². The Bertz CT molecular complexity index is 1140. The maximum Gasteiger partial charge on any atom is -1.00 e. The van der Waals surface area contributed by atoms with E-state index in [0.717, 1.165) is 11.5 Å². The van der Waals surface area contributed by atoms with Gasteiger partial charge >= 0.3 is 181 Å². The van der Waals surface area contributed by atoms with E-state index in [1.165, 1.54) is 33.4 Å². The van der Waals surface area contributed by atoms with Gasteiger partial charge in [0, 0.05) is 0 Å². The van der Waals surface area contributed by atoms with Gasteiger partial charge in [-0.1, -0.05) is 0 Å². The SMILES string of the molecule is C1=C(c2ccco2)[CH]([Hf+2][CH]2C(c3ccco3)=Cc3ccccc32)c2ccccc21.[Cl-].[Cl-]. The fourth-order valence-electron chi connectivity index (χ4n) is 4.49. The van der Waals surface area contributed by atoms with Gasteiger partial charge < -0.3 is 24.8 Å². The summed E-state index contributed by atoms with van der Waals surface area (Å²) in [5.74, 6) is 2.02. The Morgan fingerprint density at radius 1 is 0.548 bits per heavy atom. The molecule has 0 aliphatic heterocycles. The molecule has 2 aliphatic carbocycles. The van der Waals surface area contributed by atoms with Crippen molar-refractivity contribution in [3.8, 4) is 0 Å². The van der Waals surface area contributed by atoms with E-state index in [2.05, 4.69) is 72.8 Å². The van der Waals surface area contributed by atoms with Gasteiger partial charge in [-0.2, -0.15) is 0 Å². The Morgan fingerprint density at radius 2 is 1.00 bits per heavy atom. The molecule has 2 nitrogen and oxygen atoms in total. The van der Waals surface area contributed by atoms with Crippen molar-refractivity contribution in [1.29, 1.82) is 0 Å². The molecular formula is C26H18Cl2HfO2. The molecule has 2 unspecified atom stereocenters. The van der Waals surface area contributed by atoms with Gasteiger partial charge in [-0.05, 0) is 0 Å². The first-order valence-electron chi connectivity index (χ1n) is 9.83. The standard InChI is InChI=1S/2C13H9O.2ClH.Hf/c2*1-2-5-11-9-12(8-10(11)4-1)13-6-3-7-14-13;;;/h2*1-9H;2*1H;/q;;;;+2/p-2. The molecule has 6 rings (SSSR count). The van der Waals surface area contributed by atoms with Gasteiger partial charge in [0.1, 0.15) is 0 Å². The quantitative estimate of drug-likeness (QED) is 0.320. The minimum absolute atomic E-state index is 0. The number of hydrogen-bond acceptors (Lipinski definition) is 2. The molecule has 0 N–H and O–H groups in total. The first kappa shape index (κ1) is 22.1. The van der Waals surface area contributed by atoms with Crippen LogP contribution in [0, 0.1) is 0 Å². The Kier molecular flexibility index (Phi) is 6.57. The normalized spacial score (nSPS) is 18.1. The molecule has 0 bridgehead atoms. The van der Waals surface area contributed by atoms with Crippen molar-refractivity contribution in [1.82, 2.24) is 0 Å². The van der Waals surface area contributed by atoms with Crippen LogP contribution >= 0.6 is 0 Å². The van der Waals surface area contributed by atoms with Crippen LogP contribution in [0.1, 0.15) is 41.1 Å². The van der Waals surface area contributed by atoms with Crippen LogP contribution in [0.2, 0.25) is 0 Å². The number of rotatable bonds is 4. The first-order chi connectivity index (χ1) is 14.4. The van der Waals surface area contributed by atoms with Gasteiger partial charge in [-0.3, -0.25) is 0 Å². The van der Waals surface area contributed by atoms with Gasteiger partial charge in [-0.15, -0.1) is 0 Å². The molecule has 2 aromatic carbocycles. The molecule has 5 heteroatoms. The third-order valence-electron chi connectivity index (χ3n) is 5.80. The molecule has 0 saturated carbocycles. The topological polar surface area (TPSA) is 26.3 Å². The van der Waals surface area contributed by atoms with Crippen LogP contribution in [0.4, 0.5) is 0 Å². The molecular weight excluding hydrogens is 594 g/mol. The van der Waals surface area contributed by atoms with Crippen molar-refractivity contribution < 1.29 is 56.6 Å². The minimum atomic E-state index is -1.30. The Balaban J connectivity index is 0.00000116. The van der Waals surface area contributed by atoms with Crippen LogP contribution in [0.25, 0.3) is 23.3 Å². The summed E-state index contributed by atoms with van der Waals surface area (Å²) < 4.78 is 12.6. The second-order valence-corrected chi connectivity index (χ2v) is 12.8. The van der Waals surface area contributed by atoms with Crippen molar-refractivity contribution in [3.63, 3.8) is 0 Å². The number of hydrogen-bond donors (Lipinski definition) is 0. The molecule has 0 amide bonds. The third kappa shape index (κ3) is 3.84. The third-order valence-corrected chi connectivity index (χ3v) is 12.7. The molecule has 2 aliphatic rings. The molecule has 0 fully saturated rings. The molecule has 152 valence electrons. The number of fused-ring (bicyclic) bond motifs is 2. The zero-order chi connectivity index (χ0) is 19.2. The Labute approximate surface area is 205 Å². The van der Waals surface area contributed by atoms with Gasteiger partial charge in [0.25, 0.3) is 0 Å². The average Bonchev–Trinajstić information content (AvgIpc) is 3.55. The summed E-state index contributed by atoms with van der Waals surface area (Å²) >= 11 is -1.30. The zero-order valence-corrected chi connectivity index (χ0v) is 21.6. The number of halogens is 2. The molecule has 2 heterocycles. The zero-order valence-electron chi connectivity index (χ0n) is 16.5. The van der Waals surface area contributed by atoms with Gasteiger partial charge in [0.05, 0.1) is 0 Å². The van der Waals surface area contributed by atoms with Crippen molar-refractivity contribution in [3.05, 3.63) is 119 Å². The summed E-state index contributed by atoms with van der Waals surface area (Å²) in [5.41, 5.74) is 8.30. The molecule has 0 saturated heterocycles. The second kappa shape index (κ2) is 9.20. The summed E-state index contributed by atoms with van der Waals surface area (Å²) in [6.45, 7) is 0. The van der Waals surface area contributed by atoms with E-state index in [0.29, 0.717) is 7.35 Å². The monoisotopic (exact) mass is 612 g/mol. The molecule has 0 radical (unpaired) electrons. The average molecular weight is 612 g/mol. The second-order valence-electron chi connectivity index (χ2n) is 7.44. The van der Waals surface area contributed by atoms with Crippen LogP contribution in [-0.4, -0.2) is 0 Å². The minimum Gasteiger partial charge on any atom is -1.00 e. The van der Waals surface area contributed by atoms with Gasteiger partial charge in [0.2, 0.25) is 0 Å². The maximum atomic E-state index is 5.84. The van der Waals surface area contributed by atoms with Crippen molar-refractivity contribution in [2.24, 2.45) is 0 Å². The Hall–Kier alpha value is -2.07. The van der Waals surface area contributed by atoms with E-state index in [1.807, 2.05) is 12.1 Å². The van der Waals surface area contributed by atoms with Crippen molar-refractivity contribution in [2.45, 2.75) is 7.35 Å². The summed E-state index contributed by atoms with van der Waals surface area (Å²) in [6, 6.07) is 25.8. The molecule has 4 aromatic rings. The first-order valence-corrected chi connectivity index (χ1v) is 14.0. The predicted octanol–water partition coefficient (Wildman–Crippen LogP) is 0.854. The fourth-order valence-corrected chi connectivity index (χ4v) is 11.8. The smallest absolute Gasteiger partial charge is 1.00 e. The number of allylic oxidation sites excluding steroid dienone is 2. The fraction of sp³-hybridized carbons (Fsp3) is 0.0769. The maximum absolute atomic E-state index is 5.84. The van der Waals surface area contributed by atoms with E-state index in [-0.39, 0.29) is 24.8 Å². The van der Waals surface area contributed by atoms with E-state index < -0.39 is 22.9 Å². The van der Waals surface area contributed by atoms with Crippen LogP contribution in [0.15, 0.2) is 94.2 Å². The largest absolute Gasteiger partial charge is 1.00 e. The molecule has 0 spiro atoms. The molecule has 2 aromatic heterocycles. The van der Waals surface area contributed by atoms with E-state index in [1.54, 1.807) is 12.5 Å². The summed E-state index contributed by atoms with van der Waals surface area (Å²) in [4.78, 5) is 0. The predicted molar refractivity (Wildman–Crippen MR) is 112 cm³/mol. The molecule has 31 heavy (non-hydrogen) atoms. The van der Waals surface area contributed by atoms with Crippen LogP contribution in [-0.2, 0) is 22.9 Å². The van der Waals surface area contributed by atoms with E-state index in [9.17, 15) is 0 Å². The van der Waals surface area contributed by atoms with Crippen molar-refractivity contribution in [2.75, 3.05) is 0 Å². The summed E-state index contributed by atoms with van der Waals surface area (Å²) in [5, 5.41) is 0. The van der Waals surface area contributed by atoms with Crippen molar-refractivity contribution >= 4 is 23.3 Å². The van der Waals surface area contributed by atoms with Gasteiger partial charge in [-0.25, -0.2) is 0 Å². The van der Waals surface area contributed by atoms with E-state index >= 15 is 0 Å². The number of furan rings is 2. The molecule has 2 atom stereocenters. The van der Waals surface area contributed by atoms with Crippen LogP contribution in [0.3, 0.4) is 0 Å².